The van der Waals surface area contributed by atoms with Crippen molar-refractivity contribution in [1.29, 1.82) is 0 Å². The molecule has 2 aliphatic heterocycles. The molecule has 0 bridgehead atoms. The van der Waals surface area contributed by atoms with Crippen molar-refractivity contribution in [3.63, 3.8) is 0 Å². The second-order valence-corrected chi connectivity index (χ2v) is 8.34. The third kappa shape index (κ3) is 2.14. The summed E-state index contributed by atoms with van der Waals surface area (Å²) in [5.74, 6) is 3.46. The van der Waals surface area contributed by atoms with Gasteiger partial charge in [0.1, 0.15) is 27.8 Å². The number of rotatable bonds is 3. The summed E-state index contributed by atoms with van der Waals surface area (Å²) in [6, 6.07) is 0. The Morgan fingerprint density at radius 1 is 1.24 bits per heavy atom. The smallest absolute Gasteiger partial charge is 0.165 e. The molecule has 1 atom stereocenters. The molecule has 0 aromatic carbocycles. The van der Waals surface area contributed by atoms with Crippen LogP contribution in [0.3, 0.4) is 0 Å². The Kier molecular flexibility index (Phi) is 3.43. The molecular formula is C19H19N9S. The molecule has 6 heterocycles. The number of aromatic amines is 1. The zero-order valence-corrected chi connectivity index (χ0v) is 16.9. The maximum atomic E-state index is 5.04. The number of nitrogens with zero attached hydrogens (tertiary/aromatic N) is 8. The Labute approximate surface area is 170 Å². The van der Waals surface area contributed by atoms with Gasteiger partial charge in [-0.3, -0.25) is 9.67 Å². The summed E-state index contributed by atoms with van der Waals surface area (Å²) in [6.07, 6.45) is 8.56. The minimum atomic E-state index is -0.158. The molecule has 0 spiro atoms. The lowest BCUT2D eigenvalue weighted by Gasteiger charge is -2.42. The first-order valence-electron chi connectivity index (χ1n) is 9.74. The van der Waals surface area contributed by atoms with E-state index < -0.39 is 0 Å². The normalized spacial score (nSPS) is 19.9. The van der Waals surface area contributed by atoms with Crippen LogP contribution in [0.5, 0.6) is 0 Å². The molecule has 1 N–H and O–H groups in total. The van der Waals surface area contributed by atoms with E-state index in [9.17, 15) is 0 Å². The number of aryl methyl sites for hydroxylation is 1. The van der Waals surface area contributed by atoms with Crippen molar-refractivity contribution in [2.45, 2.75) is 38.6 Å². The molecule has 146 valence electrons. The van der Waals surface area contributed by atoms with Gasteiger partial charge in [0.25, 0.3) is 0 Å². The maximum absolute atomic E-state index is 5.04. The van der Waals surface area contributed by atoms with E-state index in [1.165, 1.54) is 0 Å². The van der Waals surface area contributed by atoms with Gasteiger partial charge in [-0.2, -0.15) is 5.10 Å². The van der Waals surface area contributed by atoms with E-state index in [0.29, 0.717) is 5.82 Å². The highest BCUT2D eigenvalue weighted by Gasteiger charge is 2.50. The summed E-state index contributed by atoms with van der Waals surface area (Å²) in [6.45, 7) is 5.16. The first-order valence-corrected chi connectivity index (χ1v) is 10.6. The summed E-state index contributed by atoms with van der Waals surface area (Å²) in [5, 5.41) is 19.0. The SMILES string of the molecule is CCC12CCCN1c1nc(-c3cn[nH]c3-c3nccs3)ncc1-n1c(C)nnc12. The van der Waals surface area contributed by atoms with Crippen LogP contribution < -0.4 is 4.90 Å². The van der Waals surface area contributed by atoms with Crippen LogP contribution in [-0.4, -0.2) is 46.5 Å². The molecule has 4 aromatic heterocycles. The van der Waals surface area contributed by atoms with Crippen LogP contribution in [0.1, 0.15) is 37.8 Å². The first-order chi connectivity index (χ1) is 14.2. The predicted octanol–water partition coefficient (Wildman–Crippen LogP) is 3.10. The number of anilines is 1. The quantitative estimate of drug-likeness (QED) is 0.559. The third-order valence-electron chi connectivity index (χ3n) is 6.09. The minimum absolute atomic E-state index is 0.158. The van der Waals surface area contributed by atoms with Gasteiger partial charge in [-0.05, 0) is 26.2 Å². The van der Waals surface area contributed by atoms with Crippen molar-refractivity contribution in [3.8, 4) is 27.8 Å². The van der Waals surface area contributed by atoms with Crippen LogP contribution in [-0.2, 0) is 5.54 Å². The van der Waals surface area contributed by atoms with Gasteiger partial charge in [-0.1, -0.05) is 6.92 Å². The second-order valence-electron chi connectivity index (χ2n) is 7.44. The van der Waals surface area contributed by atoms with E-state index in [1.807, 2.05) is 18.5 Å². The highest BCUT2D eigenvalue weighted by molar-refractivity contribution is 7.13. The maximum Gasteiger partial charge on any atom is 0.165 e. The van der Waals surface area contributed by atoms with E-state index in [-0.39, 0.29) is 5.54 Å². The molecule has 9 nitrogen and oxygen atoms in total. The van der Waals surface area contributed by atoms with Crippen molar-refractivity contribution >= 4 is 17.2 Å². The number of H-pyrrole nitrogens is 1. The van der Waals surface area contributed by atoms with Crippen molar-refractivity contribution in [3.05, 3.63) is 35.6 Å². The van der Waals surface area contributed by atoms with Gasteiger partial charge < -0.3 is 4.90 Å². The molecule has 2 aliphatic rings. The van der Waals surface area contributed by atoms with Crippen LogP contribution >= 0.6 is 11.3 Å². The van der Waals surface area contributed by atoms with Crippen molar-refractivity contribution in [1.82, 2.24) is 39.9 Å². The van der Waals surface area contributed by atoms with E-state index >= 15 is 0 Å². The average molecular weight is 405 g/mol. The minimum Gasteiger partial charge on any atom is -0.342 e. The van der Waals surface area contributed by atoms with Crippen molar-refractivity contribution in [2.24, 2.45) is 0 Å². The molecule has 4 aromatic rings. The molecule has 0 aliphatic carbocycles. The lowest BCUT2D eigenvalue weighted by atomic mass is 9.90. The summed E-state index contributed by atoms with van der Waals surface area (Å²) in [7, 11) is 0. The Morgan fingerprint density at radius 3 is 3.00 bits per heavy atom. The molecular weight excluding hydrogens is 386 g/mol. The summed E-state index contributed by atoms with van der Waals surface area (Å²) in [5.41, 5.74) is 2.49. The molecule has 0 amide bonds. The molecule has 29 heavy (non-hydrogen) atoms. The monoisotopic (exact) mass is 405 g/mol. The molecule has 0 saturated carbocycles. The molecule has 1 fully saturated rings. The topological polar surface area (TPSA) is 101 Å². The molecule has 1 unspecified atom stereocenters. The van der Waals surface area contributed by atoms with Gasteiger partial charge in [0.2, 0.25) is 0 Å². The van der Waals surface area contributed by atoms with Gasteiger partial charge >= 0.3 is 0 Å². The number of aromatic nitrogens is 8. The van der Waals surface area contributed by atoms with Gasteiger partial charge in [0.15, 0.2) is 17.5 Å². The molecule has 10 heteroatoms. The van der Waals surface area contributed by atoms with Gasteiger partial charge in [-0.15, -0.1) is 21.5 Å². The van der Waals surface area contributed by atoms with Gasteiger partial charge in [0, 0.05) is 18.1 Å². The van der Waals surface area contributed by atoms with Crippen LogP contribution in [0.25, 0.3) is 27.8 Å². The number of hydrogen-bond acceptors (Lipinski definition) is 8. The summed E-state index contributed by atoms with van der Waals surface area (Å²) < 4.78 is 2.13. The lowest BCUT2D eigenvalue weighted by Crippen LogP contribution is -2.47. The second kappa shape index (κ2) is 5.93. The van der Waals surface area contributed by atoms with Crippen LogP contribution in [0.15, 0.2) is 24.0 Å². The van der Waals surface area contributed by atoms with Crippen LogP contribution in [0.2, 0.25) is 0 Å². The fourth-order valence-corrected chi connectivity index (χ4v) is 5.36. The Morgan fingerprint density at radius 2 is 2.17 bits per heavy atom. The van der Waals surface area contributed by atoms with E-state index in [4.69, 9.17) is 9.97 Å². The lowest BCUT2D eigenvalue weighted by molar-refractivity contribution is 0.381. The van der Waals surface area contributed by atoms with Crippen LogP contribution in [0.4, 0.5) is 5.82 Å². The van der Waals surface area contributed by atoms with Crippen molar-refractivity contribution in [2.75, 3.05) is 11.4 Å². The highest BCUT2D eigenvalue weighted by atomic mass is 32.1. The molecule has 1 saturated heterocycles. The predicted molar refractivity (Wildman–Crippen MR) is 109 cm³/mol. The Hall–Kier alpha value is -3.14. The third-order valence-corrected chi connectivity index (χ3v) is 6.88. The Balaban J connectivity index is 1.57. The van der Waals surface area contributed by atoms with Gasteiger partial charge in [0.05, 0.1) is 18.0 Å². The summed E-state index contributed by atoms with van der Waals surface area (Å²) in [4.78, 5) is 16.5. The number of hydrogen-bond donors (Lipinski definition) is 1. The van der Waals surface area contributed by atoms with E-state index in [0.717, 1.165) is 65.2 Å². The van der Waals surface area contributed by atoms with Crippen LogP contribution in [0, 0.1) is 6.92 Å². The van der Waals surface area contributed by atoms with Crippen molar-refractivity contribution < 1.29 is 0 Å². The first kappa shape index (κ1) is 16.8. The standard InChI is InChI=1S/C19H19N9S/c1-3-19-5-4-7-27(19)16-13(28-11(2)24-26-18(19)28)10-21-15(23-16)12-9-22-25-14(12)17-20-6-8-29-17/h6,8-10H,3-5,7H2,1-2H3,(H,22,25). The van der Waals surface area contributed by atoms with E-state index in [2.05, 4.69) is 41.8 Å². The zero-order chi connectivity index (χ0) is 19.6. The number of thiazole rings is 1. The molecule has 6 rings (SSSR count). The highest BCUT2D eigenvalue weighted by Crippen LogP contribution is 2.49. The number of fused-ring (bicyclic) bond motifs is 6. The van der Waals surface area contributed by atoms with Gasteiger partial charge in [-0.25, -0.2) is 15.0 Å². The fraction of sp³-hybridized carbons (Fsp3) is 0.368. The fourth-order valence-electron chi connectivity index (χ4n) is 4.72. The number of nitrogens with one attached hydrogen (secondary N) is 1. The summed E-state index contributed by atoms with van der Waals surface area (Å²) >= 11 is 1.56. The zero-order valence-electron chi connectivity index (χ0n) is 16.1. The molecule has 0 radical (unpaired) electrons. The average Bonchev–Trinajstić information content (AvgIpc) is 3.52. The Bertz CT molecular complexity index is 1210. The largest absolute Gasteiger partial charge is 0.342 e. The van der Waals surface area contributed by atoms with E-state index in [1.54, 1.807) is 23.7 Å².